The molecule has 4 heteroatoms. The van der Waals surface area contributed by atoms with Crippen molar-refractivity contribution in [1.29, 1.82) is 0 Å². The fraction of sp³-hybridized carbons (Fsp3) is 0.143. The summed E-state index contributed by atoms with van der Waals surface area (Å²) in [5.41, 5.74) is 1.01. The van der Waals surface area contributed by atoms with E-state index in [0.717, 1.165) is 5.75 Å². The Morgan fingerprint density at radius 2 is 2.00 bits per heavy atom. The van der Waals surface area contributed by atoms with E-state index in [9.17, 15) is 4.79 Å². The molecule has 0 spiro atoms. The molecular formula is C14H12BrNO2. The van der Waals surface area contributed by atoms with Crippen molar-refractivity contribution in [3.8, 4) is 5.75 Å². The van der Waals surface area contributed by atoms with Crippen molar-refractivity contribution < 1.29 is 9.53 Å². The first-order chi connectivity index (χ1) is 8.72. The summed E-state index contributed by atoms with van der Waals surface area (Å²) in [6, 6.07) is 10.6. The molecule has 1 aromatic heterocycles. The molecule has 0 amide bonds. The molecule has 1 aromatic carbocycles. The molecule has 2 aromatic rings. The second kappa shape index (κ2) is 5.78. The zero-order chi connectivity index (χ0) is 13.0. The number of nitrogens with zero attached hydrogens (tertiary/aromatic N) is 1. The van der Waals surface area contributed by atoms with Gasteiger partial charge in [-0.3, -0.25) is 9.78 Å². The van der Waals surface area contributed by atoms with Crippen molar-refractivity contribution in [3.63, 3.8) is 0 Å². The average Bonchev–Trinajstić information content (AvgIpc) is 2.40. The van der Waals surface area contributed by atoms with Crippen molar-refractivity contribution in [3.05, 3.63) is 58.3 Å². The van der Waals surface area contributed by atoms with Gasteiger partial charge in [0.15, 0.2) is 0 Å². The smallest absolute Gasteiger partial charge is 0.212 e. The molecule has 0 aliphatic carbocycles. The van der Waals surface area contributed by atoms with Gasteiger partial charge in [-0.05, 0) is 59.3 Å². The minimum atomic E-state index is -0.106. The number of rotatable bonds is 4. The Morgan fingerprint density at radius 1 is 1.28 bits per heavy atom. The summed E-state index contributed by atoms with van der Waals surface area (Å²) in [5.74, 6) is 0.652. The lowest BCUT2D eigenvalue weighted by molar-refractivity contribution is 0.103. The monoisotopic (exact) mass is 305 g/mol. The van der Waals surface area contributed by atoms with Crippen LogP contribution in [0.4, 0.5) is 0 Å². The van der Waals surface area contributed by atoms with Crippen LogP contribution in [0.15, 0.2) is 47.1 Å². The van der Waals surface area contributed by atoms with Crippen LogP contribution in [0.25, 0.3) is 0 Å². The quantitative estimate of drug-likeness (QED) is 0.812. The Bertz CT molecular complexity index is 552. The second-order valence-corrected chi connectivity index (χ2v) is 4.47. The van der Waals surface area contributed by atoms with Crippen LogP contribution in [0.2, 0.25) is 0 Å². The first-order valence-corrected chi connectivity index (χ1v) is 6.39. The highest BCUT2D eigenvalue weighted by Crippen LogP contribution is 2.19. The van der Waals surface area contributed by atoms with Crippen LogP contribution in [0.3, 0.4) is 0 Å². The second-order valence-electron chi connectivity index (χ2n) is 3.62. The van der Waals surface area contributed by atoms with Crippen LogP contribution in [0.5, 0.6) is 5.75 Å². The summed E-state index contributed by atoms with van der Waals surface area (Å²) in [6.07, 6.45) is 1.60. The van der Waals surface area contributed by atoms with E-state index >= 15 is 0 Å². The lowest BCUT2D eigenvalue weighted by Gasteiger charge is -2.05. The summed E-state index contributed by atoms with van der Waals surface area (Å²) in [4.78, 5) is 16.3. The largest absolute Gasteiger partial charge is 0.494 e. The van der Waals surface area contributed by atoms with Crippen molar-refractivity contribution >= 4 is 21.7 Å². The van der Waals surface area contributed by atoms with E-state index in [-0.39, 0.29) is 5.78 Å². The minimum Gasteiger partial charge on any atom is -0.494 e. The van der Waals surface area contributed by atoms with Crippen LogP contribution in [0, 0.1) is 0 Å². The number of pyridine rings is 1. The SMILES string of the molecule is CCOc1ccc(C(=O)c2ncccc2Br)cc1. The fourth-order valence-electron chi connectivity index (χ4n) is 1.56. The van der Waals surface area contributed by atoms with Gasteiger partial charge in [-0.2, -0.15) is 0 Å². The molecule has 0 fully saturated rings. The number of carbonyl (C=O) groups is 1. The Morgan fingerprint density at radius 3 is 2.61 bits per heavy atom. The van der Waals surface area contributed by atoms with Gasteiger partial charge in [0, 0.05) is 16.2 Å². The Hall–Kier alpha value is -1.68. The van der Waals surface area contributed by atoms with Crippen LogP contribution in [-0.4, -0.2) is 17.4 Å². The molecule has 0 unspecified atom stereocenters. The zero-order valence-corrected chi connectivity index (χ0v) is 11.5. The summed E-state index contributed by atoms with van der Waals surface area (Å²) in [5, 5.41) is 0. The highest BCUT2D eigenvalue weighted by molar-refractivity contribution is 9.10. The average molecular weight is 306 g/mol. The summed E-state index contributed by atoms with van der Waals surface area (Å²) >= 11 is 3.33. The van der Waals surface area contributed by atoms with Gasteiger partial charge in [0.1, 0.15) is 11.4 Å². The molecule has 92 valence electrons. The van der Waals surface area contributed by atoms with Crippen LogP contribution in [0.1, 0.15) is 23.0 Å². The Kier molecular flexibility index (Phi) is 4.10. The molecule has 3 nitrogen and oxygen atoms in total. The molecule has 2 rings (SSSR count). The van der Waals surface area contributed by atoms with Gasteiger partial charge in [0.05, 0.1) is 6.61 Å². The number of ketones is 1. The van der Waals surface area contributed by atoms with Crippen LogP contribution < -0.4 is 4.74 Å². The highest BCUT2D eigenvalue weighted by atomic mass is 79.9. The number of aromatic nitrogens is 1. The van der Waals surface area contributed by atoms with E-state index < -0.39 is 0 Å². The molecule has 0 saturated heterocycles. The van der Waals surface area contributed by atoms with E-state index in [0.29, 0.717) is 22.3 Å². The molecule has 0 atom stereocenters. The number of halogens is 1. The molecule has 18 heavy (non-hydrogen) atoms. The molecule has 0 saturated carbocycles. The predicted octanol–water partition coefficient (Wildman–Crippen LogP) is 3.47. The molecule has 0 bridgehead atoms. The third kappa shape index (κ3) is 2.76. The van der Waals surface area contributed by atoms with Gasteiger partial charge in [-0.25, -0.2) is 0 Å². The third-order valence-corrected chi connectivity index (χ3v) is 3.04. The molecule has 1 heterocycles. The normalized spacial score (nSPS) is 10.1. The summed E-state index contributed by atoms with van der Waals surface area (Å²) in [6.45, 7) is 2.53. The van der Waals surface area contributed by atoms with Crippen LogP contribution in [-0.2, 0) is 0 Å². The fourth-order valence-corrected chi connectivity index (χ4v) is 1.99. The van der Waals surface area contributed by atoms with Crippen LogP contribution >= 0.6 is 15.9 Å². The summed E-state index contributed by atoms with van der Waals surface area (Å²) in [7, 11) is 0. The number of hydrogen-bond acceptors (Lipinski definition) is 3. The van der Waals surface area contributed by atoms with Gasteiger partial charge in [-0.1, -0.05) is 0 Å². The molecule has 0 N–H and O–H groups in total. The molecule has 0 radical (unpaired) electrons. The standard InChI is InChI=1S/C14H12BrNO2/c1-2-18-11-7-5-10(6-8-11)14(17)13-12(15)4-3-9-16-13/h3-9H,2H2,1H3. The number of benzene rings is 1. The maximum atomic E-state index is 12.2. The van der Waals surface area contributed by atoms with E-state index in [1.807, 2.05) is 6.92 Å². The van der Waals surface area contributed by atoms with Gasteiger partial charge in [-0.15, -0.1) is 0 Å². The van der Waals surface area contributed by atoms with E-state index in [4.69, 9.17) is 4.74 Å². The lowest BCUT2D eigenvalue weighted by atomic mass is 10.1. The van der Waals surface area contributed by atoms with Crippen molar-refractivity contribution in [2.75, 3.05) is 6.61 Å². The van der Waals surface area contributed by atoms with E-state index in [2.05, 4.69) is 20.9 Å². The van der Waals surface area contributed by atoms with E-state index in [1.165, 1.54) is 0 Å². The number of carbonyl (C=O) groups excluding carboxylic acids is 1. The Balaban J connectivity index is 2.27. The maximum absolute atomic E-state index is 12.2. The maximum Gasteiger partial charge on any atom is 0.212 e. The first kappa shape index (κ1) is 12.8. The molecular weight excluding hydrogens is 294 g/mol. The number of ether oxygens (including phenoxy) is 1. The van der Waals surface area contributed by atoms with Gasteiger partial charge in [0.25, 0.3) is 0 Å². The minimum absolute atomic E-state index is 0.106. The van der Waals surface area contributed by atoms with E-state index in [1.54, 1.807) is 42.6 Å². The Labute approximate surface area is 114 Å². The molecule has 0 aliphatic rings. The zero-order valence-electron chi connectivity index (χ0n) is 9.89. The first-order valence-electron chi connectivity index (χ1n) is 5.60. The lowest BCUT2D eigenvalue weighted by Crippen LogP contribution is -2.04. The third-order valence-electron chi connectivity index (χ3n) is 2.40. The highest BCUT2D eigenvalue weighted by Gasteiger charge is 2.13. The van der Waals surface area contributed by atoms with Gasteiger partial charge >= 0.3 is 0 Å². The van der Waals surface area contributed by atoms with Gasteiger partial charge < -0.3 is 4.74 Å². The van der Waals surface area contributed by atoms with Gasteiger partial charge in [0.2, 0.25) is 5.78 Å². The van der Waals surface area contributed by atoms with Crippen molar-refractivity contribution in [2.24, 2.45) is 0 Å². The van der Waals surface area contributed by atoms with Crippen molar-refractivity contribution in [1.82, 2.24) is 4.98 Å². The van der Waals surface area contributed by atoms with Crippen molar-refractivity contribution in [2.45, 2.75) is 6.92 Å². The summed E-state index contributed by atoms with van der Waals surface area (Å²) < 4.78 is 6.03. The predicted molar refractivity (Wildman–Crippen MR) is 73.0 cm³/mol. The molecule has 0 aliphatic heterocycles. The topological polar surface area (TPSA) is 39.2 Å². The number of hydrogen-bond donors (Lipinski definition) is 0.